The maximum atomic E-state index is 13.2. The van der Waals surface area contributed by atoms with Crippen LogP contribution < -0.4 is 5.32 Å². The van der Waals surface area contributed by atoms with E-state index in [4.69, 9.17) is 52.1 Å². The zero-order valence-corrected chi connectivity index (χ0v) is 30.2. The highest BCUT2D eigenvalue weighted by Gasteiger charge is 2.61. The maximum Gasteiger partial charge on any atom is 0.407 e. The molecule has 0 aromatic heterocycles. The van der Waals surface area contributed by atoms with Gasteiger partial charge in [0.05, 0.1) is 13.0 Å². The van der Waals surface area contributed by atoms with E-state index in [0.29, 0.717) is 5.56 Å². The summed E-state index contributed by atoms with van der Waals surface area (Å²) in [6, 6.07) is 7.58. The molecule has 4 heterocycles. The van der Waals surface area contributed by atoms with Gasteiger partial charge in [0.2, 0.25) is 0 Å². The Balaban J connectivity index is 1.40. The van der Waals surface area contributed by atoms with E-state index in [0.717, 1.165) is 13.8 Å². The van der Waals surface area contributed by atoms with Gasteiger partial charge < -0.3 is 62.2 Å². The molecule has 1 N–H and O–H groups in total. The zero-order chi connectivity index (χ0) is 37.8. The van der Waals surface area contributed by atoms with Gasteiger partial charge in [-0.25, -0.2) is 4.79 Å². The predicted molar refractivity (Wildman–Crippen MR) is 173 cm³/mol. The van der Waals surface area contributed by atoms with Crippen molar-refractivity contribution >= 4 is 29.8 Å². The molecule has 4 aliphatic heterocycles. The molecule has 17 nitrogen and oxygen atoms in total. The molecule has 1 amide bonds. The summed E-state index contributed by atoms with van der Waals surface area (Å²) in [4.78, 5) is 62.0. The summed E-state index contributed by atoms with van der Waals surface area (Å²) in [5, 5.41) is 2.64. The number of rotatable bonds is 13. The SMILES string of the molecule is CC(=O)CCC(=O)OC[C@H]1O[C@@H](OC[C@H]2O[C@@H]3OC(C)(C)O[C@@H]3[C@H]3OC(C)(C)O[C@H]32)[C@H](NC(=O)OCc2ccccc2)[C@@H](OC(C)=O)[C@@H]1OC(C)=O. The Hall–Kier alpha value is -3.71. The smallest absolute Gasteiger partial charge is 0.407 e. The van der Waals surface area contributed by atoms with Crippen molar-refractivity contribution in [2.75, 3.05) is 13.2 Å². The third-order valence-corrected chi connectivity index (χ3v) is 8.51. The second-order valence-corrected chi connectivity index (χ2v) is 13.8. The summed E-state index contributed by atoms with van der Waals surface area (Å²) in [5.74, 6) is -4.45. The molecule has 10 atom stereocenters. The second-order valence-electron chi connectivity index (χ2n) is 13.8. The Labute approximate surface area is 301 Å². The summed E-state index contributed by atoms with van der Waals surface area (Å²) >= 11 is 0. The molecule has 52 heavy (non-hydrogen) atoms. The van der Waals surface area contributed by atoms with Gasteiger partial charge in [0, 0.05) is 20.3 Å². The van der Waals surface area contributed by atoms with E-state index in [2.05, 4.69) is 5.32 Å². The third kappa shape index (κ3) is 10.2. The Morgan fingerprint density at radius 3 is 2.02 bits per heavy atom. The molecule has 1 aromatic carbocycles. The minimum atomic E-state index is -1.44. The molecule has 0 radical (unpaired) electrons. The summed E-state index contributed by atoms with van der Waals surface area (Å²) in [5.41, 5.74) is 0.705. The minimum absolute atomic E-state index is 0.0451. The van der Waals surface area contributed by atoms with Gasteiger partial charge in [0.15, 0.2) is 36.4 Å². The number of alkyl carbamates (subject to hydrolysis) is 1. The number of ketones is 1. The van der Waals surface area contributed by atoms with Gasteiger partial charge in [0.1, 0.15) is 55.6 Å². The van der Waals surface area contributed by atoms with E-state index in [9.17, 15) is 24.0 Å². The highest BCUT2D eigenvalue weighted by Crippen LogP contribution is 2.44. The van der Waals surface area contributed by atoms with Crippen LogP contribution in [0.5, 0.6) is 0 Å². The van der Waals surface area contributed by atoms with E-state index in [1.807, 2.05) is 6.07 Å². The number of amides is 1. The molecule has 288 valence electrons. The van der Waals surface area contributed by atoms with Crippen LogP contribution in [0.25, 0.3) is 0 Å². The van der Waals surface area contributed by atoms with E-state index in [-0.39, 0.29) is 31.8 Å². The largest absolute Gasteiger partial charge is 0.463 e. The number of carbonyl (C=O) groups is 5. The lowest BCUT2D eigenvalue weighted by Crippen LogP contribution is -2.67. The lowest BCUT2D eigenvalue weighted by Gasteiger charge is -2.45. The summed E-state index contributed by atoms with van der Waals surface area (Å²) < 4.78 is 65.3. The Morgan fingerprint density at radius 1 is 0.712 bits per heavy atom. The van der Waals surface area contributed by atoms with Crippen LogP contribution in [-0.4, -0.2) is 116 Å². The fourth-order valence-electron chi connectivity index (χ4n) is 6.44. The van der Waals surface area contributed by atoms with Crippen molar-refractivity contribution in [1.29, 1.82) is 0 Å². The lowest BCUT2D eigenvalue weighted by molar-refractivity contribution is -0.296. The zero-order valence-electron chi connectivity index (χ0n) is 30.2. The summed E-state index contributed by atoms with van der Waals surface area (Å²) in [6.07, 6.45) is -10.2. The van der Waals surface area contributed by atoms with E-state index in [1.54, 1.807) is 52.0 Å². The molecule has 0 spiro atoms. The summed E-state index contributed by atoms with van der Waals surface area (Å²) in [6.45, 7) is 9.80. The Kier molecular flexibility index (Phi) is 12.6. The standard InChI is InChI=1S/C35H47NO16/c1-18(37)13-14-24(40)42-16-22-26(45-19(2)38)28(46-20(3)39)25(36-33(41)44-15-21-11-9-8-10-12-21)31(47-22)43-17-23-27-29(50-34(4,5)49-27)30-32(48-23)52-35(6,7)51-30/h8-12,22-23,25-32H,13-17H2,1-7H3,(H,36,41)/t22-,23-,25-,26-,27+,28-,29+,30-,31-,32-/m1/s1. The van der Waals surface area contributed by atoms with Crippen LogP contribution in [0.3, 0.4) is 0 Å². The van der Waals surface area contributed by atoms with Crippen molar-refractivity contribution in [2.45, 2.75) is 141 Å². The number of benzene rings is 1. The van der Waals surface area contributed by atoms with Crippen LogP contribution >= 0.6 is 0 Å². The fraction of sp³-hybridized carbons (Fsp3) is 0.686. The predicted octanol–water partition coefficient (Wildman–Crippen LogP) is 2.20. The van der Waals surface area contributed by atoms with Gasteiger partial charge in [-0.2, -0.15) is 0 Å². The van der Waals surface area contributed by atoms with Gasteiger partial charge in [-0.15, -0.1) is 0 Å². The van der Waals surface area contributed by atoms with Crippen molar-refractivity contribution in [3.8, 4) is 0 Å². The van der Waals surface area contributed by atoms with Crippen LogP contribution in [0, 0.1) is 0 Å². The number of fused-ring (bicyclic) bond motifs is 3. The molecular weight excluding hydrogens is 690 g/mol. The first-order valence-corrected chi connectivity index (χ1v) is 17.1. The van der Waals surface area contributed by atoms with Crippen LogP contribution in [-0.2, 0) is 77.9 Å². The average Bonchev–Trinajstić information content (AvgIpc) is 3.56. The van der Waals surface area contributed by atoms with E-state index >= 15 is 0 Å². The van der Waals surface area contributed by atoms with Gasteiger partial charge in [-0.1, -0.05) is 30.3 Å². The van der Waals surface area contributed by atoms with Gasteiger partial charge in [-0.05, 0) is 40.2 Å². The Bertz CT molecular complexity index is 1450. The van der Waals surface area contributed by atoms with Gasteiger partial charge >= 0.3 is 24.0 Å². The number of carbonyl (C=O) groups excluding carboxylic acids is 5. The average molecular weight is 738 g/mol. The molecule has 0 unspecified atom stereocenters. The van der Waals surface area contributed by atoms with Crippen LogP contribution in [0.1, 0.15) is 66.9 Å². The monoisotopic (exact) mass is 737 g/mol. The first kappa shape index (κ1) is 39.5. The van der Waals surface area contributed by atoms with Crippen LogP contribution in [0.15, 0.2) is 30.3 Å². The third-order valence-electron chi connectivity index (χ3n) is 8.51. The van der Waals surface area contributed by atoms with Crippen molar-refractivity contribution in [3.05, 3.63) is 35.9 Å². The van der Waals surface area contributed by atoms with E-state index in [1.165, 1.54) is 6.92 Å². The molecule has 0 aliphatic carbocycles. The molecule has 0 bridgehead atoms. The number of hydrogen-bond acceptors (Lipinski definition) is 16. The maximum absolute atomic E-state index is 13.2. The highest BCUT2D eigenvalue weighted by molar-refractivity contribution is 5.81. The normalized spacial score (nSPS) is 32.8. The highest BCUT2D eigenvalue weighted by atomic mass is 16.9. The van der Waals surface area contributed by atoms with Crippen molar-refractivity contribution in [1.82, 2.24) is 5.32 Å². The molecule has 0 saturated carbocycles. The molecular formula is C35H47NO16. The molecule has 4 aliphatic rings. The number of hydrogen-bond donors (Lipinski definition) is 1. The number of esters is 3. The Morgan fingerprint density at radius 2 is 1.35 bits per heavy atom. The quantitative estimate of drug-likeness (QED) is 0.228. The van der Waals surface area contributed by atoms with Crippen molar-refractivity contribution in [2.24, 2.45) is 0 Å². The molecule has 4 saturated heterocycles. The molecule has 4 fully saturated rings. The molecule has 1 aromatic rings. The van der Waals surface area contributed by atoms with Crippen LogP contribution in [0.2, 0.25) is 0 Å². The van der Waals surface area contributed by atoms with Gasteiger partial charge in [-0.3, -0.25) is 14.4 Å². The van der Waals surface area contributed by atoms with Crippen LogP contribution in [0.4, 0.5) is 4.79 Å². The molecule has 17 heteroatoms. The van der Waals surface area contributed by atoms with E-state index < -0.39 is 104 Å². The first-order valence-electron chi connectivity index (χ1n) is 17.1. The van der Waals surface area contributed by atoms with Gasteiger partial charge in [0.25, 0.3) is 0 Å². The molecule has 5 rings (SSSR count). The summed E-state index contributed by atoms with van der Waals surface area (Å²) in [7, 11) is 0. The first-order chi connectivity index (χ1) is 24.5. The number of Topliss-reactive ketones (excluding diaryl/α,β-unsaturated/α-hetero) is 1. The topological polar surface area (TPSA) is 199 Å². The lowest BCUT2D eigenvalue weighted by atomic mass is 9.96. The number of nitrogens with one attached hydrogen (secondary N) is 1. The fourth-order valence-corrected chi connectivity index (χ4v) is 6.44. The number of ether oxygens (including phenoxy) is 11. The van der Waals surface area contributed by atoms with Crippen molar-refractivity contribution in [3.63, 3.8) is 0 Å². The van der Waals surface area contributed by atoms with Crippen molar-refractivity contribution < 1.29 is 76.1 Å². The minimum Gasteiger partial charge on any atom is -0.463 e. The second kappa shape index (κ2) is 16.5.